The smallest absolute Gasteiger partial charge is 0.222 e. The molecule has 0 spiro atoms. The molecule has 1 unspecified atom stereocenters. The lowest BCUT2D eigenvalue weighted by Gasteiger charge is -2.31. The highest BCUT2D eigenvalue weighted by Crippen LogP contribution is 2.15. The van der Waals surface area contributed by atoms with Crippen LogP contribution >= 0.6 is 24.0 Å². The van der Waals surface area contributed by atoms with Gasteiger partial charge in [0.15, 0.2) is 5.96 Å². The van der Waals surface area contributed by atoms with Crippen LogP contribution in [0.5, 0.6) is 5.75 Å². The van der Waals surface area contributed by atoms with E-state index in [0.717, 1.165) is 69.4 Å². The van der Waals surface area contributed by atoms with Gasteiger partial charge in [-0.1, -0.05) is 19.1 Å². The van der Waals surface area contributed by atoms with Crippen LogP contribution in [-0.4, -0.2) is 87.3 Å². The van der Waals surface area contributed by atoms with E-state index in [-0.39, 0.29) is 35.9 Å². The van der Waals surface area contributed by atoms with Crippen molar-refractivity contribution in [1.82, 2.24) is 20.4 Å². The molecule has 0 aromatic heterocycles. The van der Waals surface area contributed by atoms with Crippen LogP contribution in [0.4, 0.5) is 0 Å². The topological polar surface area (TPSA) is 78.4 Å². The molecule has 2 fully saturated rings. The molecule has 1 aromatic rings. The molecule has 8 nitrogen and oxygen atoms in total. The van der Waals surface area contributed by atoms with Crippen LogP contribution in [0.15, 0.2) is 29.3 Å². The second-order valence-corrected chi connectivity index (χ2v) is 8.57. The summed E-state index contributed by atoms with van der Waals surface area (Å²) in [5.41, 5.74) is 1.14. The number of ether oxygens (including phenoxy) is 2. The number of nitrogens with zero attached hydrogens (tertiary/aromatic N) is 3. The summed E-state index contributed by atoms with van der Waals surface area (Å²) in [5.74, 6) is 1.86. The highest BCUT2D eigenvalue weighted by Gasteiger charge is 2.25. The van der Waals surface area contributed by atoms with Gasteiger partial charge in [0.2, 0.25) is 5.91 Å². The van der Waals surface area contributed by atoms with E-state index in [1.807, 2.05) is 24.0 Å². The van der Waals surface area contributed by atoms with Crippen molar-refractivity contribution in [2.24, 2.45) is 4.99 Å². The van der Waals surface area contributed by atoms with Crippen molar-refractivity contribution in [2.75, 3.05) is 53.6 Å². The van der Waals surface area contributed by atoms with E-state index in [9.17, 15) is 4.79 Å². The Labute approximate surface area is 215 Å². The van der Waals surface area contributed by atoms with E-state index in [2.05, 4.69) is 39.7 Å². The number of rotatable bonds is 9. The number of hydrogen-bond donors (Lipinski definition) is 2. The van der Waals surface area contributed by atoms with Gasteiger partial charge >= 0.3 is 0 Å². The zero-order valence-electron chi connectivity index (χ0n) is 20.2. The Morgan fingerprint density at radius 2 is 2.09 bits per heavy atom. The van der Waals surface area contributed by atoms with Crippen molar-refractivity contribution in [2.45, 2.75) is 51.2 Å². The first-order valence-corrected chi connectivity index (χ1v) is 11.8. The Balaban J connectivity index is 0.00000385. The highest BCUT2D eigenvalue weighted by atomic mass is 127. The van der Waals surface area contributed by atoms with Crippen molar-refractivity contribution in [3.63, 3.8) is 0 Å². The number of amides is 1. The first-order valence-electron chi connectivity index (χ1n) is 11.8. The minimum Gasteiger partial charge on any atom is -0.492 e. The number of halogens is 1. The van der Waals surface area contributed by atoms with Crippen LogP contribution in [0.1, 0.15) is 38.2 Å². The third-order valence-electron chi connectivity index (χ3n) is 6.29. The molecule has 33 heavy (non-hydrogen) atoms. The number of carbonyl (C=O) groups is 1. The van der Waals surface area contributed by atoms with Crippen molar-refractivity contribution in [1.29, 1.82) is 0 Å². The first-order chi connectivity index (χ1) is 15.6. The monoisotopic (exact) mass is 573 g/mol. The molecular formula is C24H40IN5O3. The van der Waals surface area contributed by atoms with Gasteiger partial charge in [-0.05, 0) is 44.0 Å². The van der Waals surface area contributed by atoms with Crippen LogP contribution in [0.25, 0.3) is 0 Å². The molecule has 0 saturated carbocycles. The predicted molar refractivity (Wildman–Crippen MR) is 142 cm³/mol. The van der Waals surface area contributed by atoms with Gasteiger partial charge in [0.05, 0.1) is 0 Å². The maximum absolute atomic E-state index is 11.9. The second kappa shape index (κ2) is 14.6. The normalized spacial score (nSPS) is 19.3. The highest BCUT2D eigenvalue weighted by molar-refractivity contribution is 14.0. The summed E-state index contributed by atoms with van der Waals surface area (Å²) in [5, 5.41) is 6.81. The maximum atomic E-state index is 11.9. The average molecular weight is 574 g/mol. The Morgan fingerprint density at radius 3 is 2.82 bits per heavy atom. The molecule has 2 N–H and O–H groups in total. The summed E-state index contributed by atoms with van der Waals surface area (Å²) >= 11 is 0. The van der Waals surface area contributed by atoms with Crippen LogP contribution in [-0.2, 0) is 16.1 Å². The largest absolute Gasteiger partial charge is 0.492 e. The van der Waals surface area contributed by atoms with Gasteiger partial charge in [-0.3, -0.25) is 14.7 Å². The predicted octanol–water partition coefficient (Wildman–Crippen LogP) is 2.47. The third-order valence-corrected chi connectivity index (χ3v) is 6.29. The molecule has 1 aromatic carbocycles. The van der Waals surface area contributed by atoms with E-state index in [0.29, 0.717) is 25.6 Å². The maximum Gasteiger partial charge on any atom is 0.222 e. The van der Waals surface area contributed by atoms with Gasteiger partial charge in [-0.25, -0.2) is 0 Å². The lowest BCUT2D eigenvalue weighted by Crippen LogP contribution is -2.44. The third kappa shape index (κ3) is 8.94. The van der Waals surface area contributed by atoms with Crippen LogP contribution in [0.3, 0.4) is 0 Å². The standard InChI is InChI=1S/C24H39N5O3.HI/c1-4-23(30)29-11-8-20(18-29)27-24(25-2)26-17-19-6-5-7-22(16-19)32-15-12-28(3)21-9-13-31-14-10-21;/h5-7,16,20-21H,4,8-15,17-18H2,1-3H3,(H2,25,26,27);1H. The molecule has 2 aliphatic heterocycles. The lowest BCUT2D eigenvalue weighted by molar-refractivity contribution is -0.129. The van der Waals surface area contributed by atoms with Gasteiger partial charge in [-0.15, -0.1) is 24.0 Å². The fourth-order valence-corrected chi connectivity index (χ4v) is 4.26. The minimum absolute atomic E-state index is 0. The van der Waals surface area contributed by atoms with Crippen molar-refractivity contribution >= 4 is 35.8 Å². The van der Waals surface area contributed by atoms with Crippen molar-refractivity contribution in [3.05, 3.63) is 29.8 Å². The van der Waals surface area contributed by atoms with E-state index >= 15 is 0 Å². The number of benzene rings is 1. The number of likely N-dealkylation sites (N-methyl/N-ethyl adjacent to an activating group) is 1. The average Bonchev–Trinajstić information content (AvgIpc) is 3.30. The molecule has 0 aliphatic carbocycles. The Hall–Kier alpha value is -1.59. The molecule has 3 rings (SSSR count). The Morgan fingerprint density at radius 1 is 1.30 bits per heavy atom. The quantitative estimate of drug-likeness (QED) is 0.269. The molecule has 0 bridgehead atoms. The number of aliphatic imine (C=N–C) groups is 1. The number of likely N-dealkylation sites (tertiary alicyclic amines) is 1. The molecule has 9 heteroatoms. The number of hydrogen-bond acceptors (Lipinski definition) is 5. The molecule has 1 atom stereocenters. The van der Waals surface area contributed by atoms with E-state index in [1.165, 1.54) is 0 Å². The first kappa shape index (κ1) is 27.7. The summed E-state index contributed by atoms with van der Waals surface area (Å²) < 4.78 is 11.5. The van der Waals surface area contributed by atoms with Crippen molar-refractivity contribution < 1.29 is 14.3 Å². The molecule has 0 radical (unpaired) electrons. The van der Waals surface area contributed by atoms with E-state index in [4.69, 9.17) is 9.47 Å². The van der Waals surface area contributed by atoms with Crippen LogP contribution < -0.4 is 15.4 Å². The Bertz CT molecular complexity index is 757. The van der Waals surface area contributed by atoms with Crippen LogP contribution in [0, 0.1) is 0 Å². The fourth-order valence-electron chi connectivity index (χ4n) is 4.26. The molecule has 2 saturated heterocycles. The zero-order chi connectivity index (χ0) is 22.8. The molecule has 2 aliphatic rings. The minimum atomic E-state index is 0. The van der Waals surface area contributed by atoms with E-state index < -0.39 is 0 Å². The van der Waals surface area contributed by atoms with Gasteiger partial charge in [0.1, 0.15) is 12.4 Å². The van der Waals surface area contributed by atoms with Crippen molar-refractivity contribution in [3.8, 4) is 5.75 Å². The van der Waals surface area contributed by atoms with Crippen LogP contribution in [0.2, 0.25) is 0 Å². The van der Waals surface area contributed by atoms with Gasteiger partial charge in [0, 0.05) is 64.9 Å². The number of carbonyl (C=O) groups excluding carboxylic acids is 1. The van der Waals surface area contributed by atoms with Gasteiger partial charge < -0.3 is 25.0 Å². The number of nitrogens with one attached hydrogen (secondary N) is 2. The summed E-state index contributed by atoms with van der Waals surface area (Å²) in [6.07, 6.45) is 3.70. The SMILES string of the molecule is CCC(=O)N1CCC(NC(=NC)NCc2cccc(OCCN(C)C3CCOCC3)c2)C1.I. The molecular weight excluding hydrogens is 533 g/mol. The second-order valence-electron chi connectivity index (χ2n) is 8.57. The summed E-state index contributed by atoms with van der Waals surface area (Å²) in [4.78, 5) is 20.5. The fraction of sp³-hybridized carbons (Fsp3) is 0.667. The van der Waals surface area contributed by atoms with Gasteiger partial charge in [0.25, 0.3) is 0 Å². The van der Waals surface area contributed by atoms with E-state index in [1.54, 1.807) is 7.05 Å². The number of guanidine groups is 1. The summed E-state index contributed by atoms with van der Waals surface area (Å²) in [6, 6.07) is 9.01. The molecule has 186 valence electrons. The lowest BCUT2D eigenvalue weighted by atomic mass is 10.1. The van der Waals surface area contributed by atoms with Gasteiger partial charge in [-0.2, -0.15) is 0 Å². The summed E-state index contributed by atoms with van der Waals surface area (Å²) in [7, 11) is 3.94. The summed E-state index contributed by atoms with van der Waals surface area (Å²) in [6.45, 7) is 7.40. The zero-order valence-corrected chi connectivity index (χ0v) is 22.5. The Kier molecular flexibility index (Phi) is 12.3. The molecule has 2 heterocycles. The molecule has 1 amide bonds.